The Bertz CT molecular complexity index is 1100. The summed E-state index contributed by atoms with van der Waals surface area (Å²) >= 11 is 0. The number of aryl methyl sites for hydroxylation is 1. The van der Waals surface area contributed by atoms with E-state index in [1.54, 1.807) is 12.1 Å². The number of nitro groups is 1. The molecule has 0 amide bonds. The predicted molar refractivity (Wildman–Crippen MR) is 102 cm³/mol. The van der Waals surface area contributed by atoms with Crippen LogP contribution in [0.3, 0.4) is 0 Å². The molecule has 0 radical (unpaired) electrons. The van der Waals surface area contributed by atoms with E-state index in [1.165, 1.54) is 28.6 Å². The fraction of sp³-hybridized carbons (Fsp3) is 0.150. The van der Waals surface area contributed by atoms with Crippen LogP contribution < -0.4 is 5.32 Å². The van der Waals surface area contributed by atoms with Gasteiger partial charge in [-0.25, -0.2) is 0 Å². The molecule has 0 bridgehead atoms. The number of nitrogens with zero attached hydrogens (tertiary/aromatic N) is 2. The third-order valence-electron chi connectivity index (χ3n) is 4.47. The lowest BCUT2D eigenvalue weighted by Crippen LogP contribution is -2.11. The Morgan fingerprint density at radius 1 is 1.15 bits per heavy atom. The summed E-state index contributed by atoms with van der Waals surface area (Å²) in [6.07, 6.45) is 2.01. The summed E-state index contributed by atoms with van der Waals surface area (Å²) in [5.74, 6) is 0.708. The number of hydrogen-bond acceptors (Lipinski definition) is 5. The van der Waals surface area contributed by atoms with Gasteiger partial charge in [-0.05, 0) is 36.8 Å². The number of aromatic amines is 1. The van der Waals surface area contributed by atoms with Crippen LogP contribution in [0.25, 0.3) is 22.2 Å². The molecular weight excluding hydrogens is 344 g/mol. The van der Waals surface area contributed by atoms with E-state index >= 15 is 0 Å². The maximum atomic E-state index is 10.7. The molecule has 7 nitrogen and oxygen atoms in total. The second kappa shape index (κ2) is 7.05. The van der Waals surface area contributed by atoms with Crippen LogP contribution in [0.1, 0.15) is 16.9 Å². The maximum Gasteiger partial charge on any atom is 0.269 e. The summed E-state index contributed by atoms with van der Waals surface area (Å²) in [6.45, 7) is 3.33. The van der Waals surface area contributed by atoms with Gasteiger partial charge in [-0.3, -0.25) is 10.1 Å². The molecule has 2 N–H and O–H groups in total. The topological polar surface area (TPSA) is 97.0 Å². The van der Waals surface area contributed by atoms with Gasteiger partial charge in [0.1, 0.15) is 5.69 Å². The van der Waals surface area contributed by atoms with Crippen molar-refractivity contribution < 1.29 is 9.45 Å². The quantitative estimate of drug-likeness (QED) is 0.393. The number of rotatable bonds is 6. The number of hydrogen-bond donors (Lipinski definition) is 2. The van der Waals surface area contributed by atoms with Crippen LogP contribution in [0, 0.1) is 17.0 Å². The normalized spacial score (nSPS) is 11.1. The molecule has 0 atom stereocenters. The number of aromatic nitrogens is 2. The van der Waals surface area contributed by atoms with Gasteiger partial charge in [-0.2, -0.15) is 0 Å². The van der Waals surface area contributed by atoms with Crippen molar-refractivity contribution in [1.82, 2.24) is 15.5 Å². The lowest BCUT2D eigenvalue weighted by Gasteiger charge is -2.01. The fourth-order valence-electron chi connectivity index (χ4n) is 3.05. The molecule has 2 aromatic carbocycles. The Morgan fingerprint density at radius 2 is 1.96 bits per heavy atom. The van der Waals surface area contributed by atoms with Gasteiger partial charge < -0.3 is 14.8 Å². The average Bonchev–Trinajstić information content (AvgIpc) is 3.29. The van der Waals surface area contributed by atoms with Crippen molar-refractivity contribution in [2.45, 2.75) is 20.0 Å². The molecule has 0 saturated carbocycles. The zero-order valence-corrected chi connectivity index (χ0v) is 14.7. The summed E-state index contributed by atoms with van der Waals surface area (Å²) < 4.78 is 5.37. The predicted octanol–water partition coefficient (Wildman–Crippen LogP) is 4.33. The van der Waals surface area contributed by atoms with Crippen LogP contribution in [0.4, 0.5) is 5.69 Å². The number of benzene rings is 2. The van der Waals surface area contributed by atoms with Crippen LogP contribution in [0.15, 0.2) is 59.3 Å². The second-order valence-corrected chi connectivity index (χ2v) is 6.45. The van der Waals surface area contributed by atoms with Crippen molar-refractivity contribution in [2.75, 3.05) is 0 Å². The van der Waals surface area contributed by atoms with E-state index in [2.05, 4.69) is 40.6 Å². The monoisotopic (exact) mass is 362 g/mol. The van der Waals surface area contributed by atoms with Crippen molar-refractivity contribution in [3.63, 3.8) is 0 Å². The van der Waals surface area contributed by atoms with Crippen LogP contribution in [0.2, 0.25) is 0 Å². The standard InChI is InChI=1S/C20H18N4O3/c1-13-2-7-19-18(8-13)15(11-22-19)10-21-12-17-9-20(23-27-17)14-3-5-16(6-4-14)24(25)26/h2-9,11,21-22H,10,12H2,1H3. The Balaban J connectivity index is 1.40. The molecule has 2 heterocycles. The van der Waals surface area contributed by atoms with Gasteiger partial charge in [0.15, 0.2) is 5.76 Å². The third kappa shape index (κ3) is 3.58. The molecule has 0 saturated heterocycles. The van der Waals surface area contributed by atoms with Crippen molar-refractivity contribution in [1.29, 1.82) is 0 Å². The molecule has 0 unspecified atom stereocenters. The van der Waals surface area contributed by atoms with E-state index in [-0.39, 0.29) is 5.69 Å². The smallest absolute Gasteiger partial charge is 0.269 e. The first-order valence-electron chi connectivity index (χ1n) is 8.58. The number of nitro benzene ring substituents is 1. The van der Waals surface area contributed by atoms with Crippen LogP contribution in [0.5, 0.6) is 0 Å². The van der Waals surface area contributed by atoms with E-state index in [1.807, 2.05) is 12.3 Å². The van der Waals surface area contributed by atoms with Crippen molar-refractivity contribution in [3.05, 3.63) is 81.7 Å². The van der Waals surface area contributed by atoms with Crippen LogP contribution >= 0.6 is 0 Å². The Hall–Kier alpha value is -3.45. The van der Waals surface area contributed by atoms with Crippen molar-refractivity contribution >= 4 is 16.6 Å². The second-order valence-electron chi connectivity index (χ2n) is 6.45. The third-order valence-corrected chi connectivity index (χ3v) is 4.47. The van der Waals surface area contributed by atoms with Gasteiger partial charge in [0.2, 0.25) is 0 Å². The maximum absolute atomic E-state index is 10.7. The highest BCUT2D eigenvalue weighted by molar-refractivity contribution is 5.83. The molecule has 0 spiro atoms. The summed E-state index contributed by atoms with van der Waals surface area (Å²) in [5.41, 5.74) is 5.04. The minimum absolute atomic E-state index is 0.0538. The van der Waals surface area contributed by atoms with Crippen molar-refractivity contribution in [2.24, 2.45) is 0 Å². The van der Waals surface area contributed by atoms with Gasteiger partial charge in [-0.15, -0.1) is 0 Å². The molecule has 7 heteroatoms. The summed E-state index contributed by atoms with van der Waals surface area (Å²) in [6, 6.07) is 14.4. The molecule has 2 aromatic heterocycles. The highest BCUT2D eigenvalue weighted by atomic mass is 16.6. The number of H-pyrrole nitrogens is 1. The first-order valence-corrected chi connectivity index (χ1v) is 8.58. The fourth-order valence-corrected chi connectivity index (χ4v) is 3.05. The molecular formula is C20H18N4O3. The van der Waals surface area contributed by atoms with Gasteiger partial charge in [-0.1, -0.05) is 16.8 Å². The molecule has 4 rings (SSSR count). The largest absolute Gasteiger partial charge is 0.361 e. The SMILES string of the molecule is Cc1ccc2[nH]cc(CNCc3cc(-c4ccc([N+](=O)[O-])cc4)no3)c2c1. The first kappa shape index (κ1) is 17.0. The minimum atomic E-state index is -0.422. The van der Waals surface area contributed by atoms with E-state index < -0.39 is 4.92 Å². The lowest BCUT2D eigenvalue weighted by atomic mass is 10.1. The van der Waals surface area contributed by atoms with Crippen LogP contribution in [-0.4, -0.2) is 15.1 Å². The minimum Gasteiger partial charge on any atom is -0.361 e. The summed E-state index contributed by atoms with van der Waals surface area (Å²) in [5, 5.41) is 19.4. The zero-order valence-electron chi connectivity index (χ0n) is 14.7. The molecule has 0 fully saturated rings. The molecule has 27 heavy (non-hydrogen) atoms. The Labute approximate surface area is 155 Å². The van der Waals surface area contributed by atoms with Crippen molar-refractivity contribution in [3.8, 4) is 11.3 Å². The van der Waals surface area contributed by atoms with E-state index in [0.29, 0.717) is 24.5 Å². The molecule has 0 aliphatic heterocycles. The molecule has 136 valence electrons. The van der Waals surface area contributed by atoms with Gasteiger partial charge in [0.05, 0.1) is 11.5 Å². The first-order chi connectivity index (χ1) is 13.1. The molecule has 4 aromatic rings. The zero-order chi connectivity index (χ0) is 18.8. The number of non-ortho nitro benzene ring substituents is 1. The Morgan fingerprint density at radius 3 is 2.74 bits per heavy atom. The molecule has 0 aliphatic carbocycles. The average molecular weight is 362 g/mol. The van der Waals surface area contributed by atoms with Gasteiger partial charge in [0, 0.05) is 47.4 Å². The number of fused-ring (bicyclic) bond motifs is 1. The van der Waals surface area contributed by atoms with Gasteiger partial charge in [0.25, 0.3) is 5.69 Å². The van der Waals surface area contributed by atoms with E-state index in [4.69, 9.17) is 4.52 Å². The highest BCUT2D eigenvalue weighted by Gasteiger charge is 2.10. The van der Waals surface area contributed by atoms with E-state index in [0.717, 1.165) is 11.1 Å². The van der Waals surface area contributed by atoms with Gasteiger partial charge >= 0.3 is 0 Å². The van der Waals surface area contributed by atoms with E-state index in [9.17, 15) is 10.1 Å². The number of nitrogens with one attached hydrogen (secondary N) is 2. The summed E-state index contributed by atoms with van der Waals surface area (Å²) in [4.78, 5) is 13.6. The van der Waals surface area contributed by atoms with Crippen LogP contribution in [-0.2, 0) is 13.1 Å². The lowest BCUT2D eigenvalue weighted by molar-refractivity contribution is -0.384. The Kier molecular flexibility index (Phi) is 4.43. The molecule has 0 aliphatic rings. The highest BCUT2D eigenvalue weighted by Crippen LogP contribution is 2.23. The summed E-state index contributed by atoms with van der Waals surface area (Å²) in [7, 11) is 0.